The summed E-state index contributed by atoms with van der Waals surface area (Å²) in [5.41, 5.74) is -0.110. The Balaban J connectivity index is 2.36. The van der Waals surface area contributed by atoms with E-state index in [1.54, 1.807) is 0 Å². The number of rotatable bonds is 7. The SMILES string of the molecule is CCNC(c1nccn1CC)C1(OCC)CCCC(C)C1. The number of nitrogens with one attached hydrogen (secondary N) is 1. The van der Waals surface area contributed by atoms with Gasteiger partial charge in [-0.05, 0) is 39.2 Å². The Morgan fingerprint density at radius 3 is 2.90 bits per heavy atom. The summed E-state index contributed by atoms with van der Waals surface area (Å²) in [6, 6.07) is 0.181. The molecular formula is C17H31N3O. The predicted octanol–water partition coefficient (Wildman–Crippen LogP) is 3.54. The Labute approximate surface area is 129 Å². The van der Waals surface area contributed by atoms with E-state index < -0.39 is 0 Å². The van der Waals surface area contributed by atoms with E-state index in [2.05, 4.69) is 48.8 Å². The van der Waals surface area contributed by atoms with E-state index in [4.69, 9.17) is 4.74 Å². The average molecular weight is 293 g/mol. The highest BCUT2D eigenvalue weighted by Crippen LogP contribution is 2.43. The molecule has 1 aliphatic rings. The van der Waals surface area contributed by atoms with Gasteiger partial charge in [0.2, 0.25) is 0 Å². The van der Waals surface area contributed by atoms with Crippen LogP contribution in [-0.2, 0) is 11.3 Å². The number of ether oxygens (including phenoxy) is 1. The van der Waals surface area contributed by atoms with Crippen LogP contribution in [0.15, 0.2) is 12.4 Å². The smallest absolute Gasteiger partial charge is 0.128 e. The van der Waals surface area contributed by atoms with Crippen LogP contribution in [0.25, 0.3) is 0 Å². The molecule has 0 aromatic carbocycles. The highest BCUT2D eigenvalue weighted by atomic mass is 16.5. The molecule has 2 rings (SSSR count). The Morgan fingerprint density at radius 2 is 2.29 bits per heavy atom. The molecule has 0 bridgehead atoms. The molecule has 120 valence electrons. The van der Waals surface area contributed by atoms with Crippen molar-refractivity contribution in [1.29, 1.82) is 0 Å². The molecule has 1 fully saturated rings. The molecule has 1 heterocycles. The van der Waals surface area contributed by atoms with Crippen LogP contribution >= 0.6 is 0 Å². The highest BCUT2D eigenvalue weighted by molar-refractivity contribution is 5.10. The molecule has 1 aromatic heterocycles. The molecule has 3 atom stereocenters. The fourth-order valence-corrected chi connectivity index (χ4v) is 3.87. The fraction of sp³-hybridized carbons (Fsp3) is 0.824. The van der Waals surface area contributed by atoms with Gasteiger partial charge < -0.3 is 14.6 Å². The third-order valence-corrected chi connectivity index (χ3v) is 4.70. The molecule has 0 amide bonds. The first-order valence-corrected chi connectivity index (χ1v) is 8.55. The van der Waals surface area contributed by atoms with Crippen molar-refractivity contribution < 1.29 is 4.74 Å². The average Bonchev–Trinajstić information content (AvgIpc) is 2.93. The molecule has 1 aromatic rings. The summed E-state index contributed by atoms with van der Waals surface area (Å²) in [7, 11) is 0. The molecule has 4 nitrogen and oxygen atoms in total. The first kappa shape index (κ1) is 16.5. The van der Waals surface area contributed by atoms with Crippen LogP contribution in [0.3, 0.4) is 0 Å². The summed E-state index contributed by atoms with van der Waals surface area (Å²) in [6.45, 7) is 11.4. The largest absolute Gasteiger partial charge is 0.373 e. The Bertz CT molecular complexity index is 427. The summed E-state index contributed by atoms with van der Waals surface area (Å²) in [5, 5.41) is 3.67. The lowest BCUT2D eigenvalue weighted by Crippen LogP contribution is -2.50. The maximum Gasteiger partial charge on any atom is 0.128 e. The van der Waals surface area contributed by atoms with Crippen molar-refractivity contribution in [2.45, 2.75) is 71.6 Å². The van der Waals surface area contributed by atoms with Gasteiger partial charge in [0, 0.05) is 25.5 Å². The first-order chi connectivity index (χ1) is 10.2. The van der Waals surface area contributed by atoms with Gasteiger partial charge in [-0.25, -0.2) is 4.98 Å². The molecule has 1 aliphatic carbocycles. The van der Waals surface area contributed by atoms with Crippen LogP contribution in [0.2, 0.25) is 0 Å². The van der Waals surface area contributed by atoms with Crippen LogP contribution in [0, 0.1) is 5.92 Å². The van der Waals surface area contributed by atoms with Crippen molar-refractivity contribution in [2.75, 3.05) is 13.2 Å². The van der Waals surface area contributed by atoms with Gasteiger partial charge >= 0.3 is 0 Å². The quantitative estimate of drug-likeness (QED) is 0.836. The number of hydrogen-bond acceptors (Lipinski definition) is 3. The standard InChI is InChI=1S/C17H31N3O/c1-5-18-15(16-19-11-12-20(16)6-2)17(21-7-3)10-8-9-14(4)13-17/h11-12,14-15,18H,5-10,13H2,1-4H3. The van der Waals surface area contributed by atoms with Gasteiger partial charge in [0.15, 0.2) is 0 Å². The van der Waals surface area contributed by atoms with Crippen LogP contribution in [0.5, 0.6) is 0 Å². The van der Waals surface area contributed by atoms with Gasteiger partial charge in [-0.15, -0.1) is 0 Å². The zero-order valence-corrected chi connectivity index (χ0v) is 14.1. The number of hydrogen-bond donors (Lipinski definition) is 1. The van der Waals surface area contributed by atoms with E-state index in [9.17, 15) is 0 Å². The molecule has 3 unspecified atom stereocenters. The number of aromatic nitrogens is 2. The first-order valence-electron chi connectivity index (χ1n) is 8.55. The molecule has 1 saturated carbocycles. The van der Waals surface area contributed by atoms with Crippen molar-refractivity contribution in [1.82, 2.24) is 14.9 Å². The second-order valence-electron chi connectivity index (χ2n) is 6.26. The molecule has 0 radical (unpaired) electrons. The number of nitrogens with zero attached hydrogens (tertiary/aromatic N) is 2. The van der Waals surface area contributed by atoms with Crippen molar-refractivity contribution in [3.8, 4) is 0 Å². The summed E-state index contributed by atoms with van der Waals surface area (Å²) >= 11 is 0. The van der Waals surface area contributed by atoms with Crippen LogP contribution in [0.1, 0.15) is 65.2 Å². The Kier molecular flexibility index (Phi) is 5.82. The summed E-state index contributed by atoms with van der Waals surface area (Å²) in [5.74, 6) is 1.85. The normalized spacial score (nSPS) is 27.7. The minimum absolute atomic E-state index is 0.110. The minimum atomic E-state index is -0.110. The van der Waals surface area contributed by atoms with Gasteiger partial charge in [0.25, 0.3) is 0 Å². The topological polar surface area (TPSA) is 39.1 Å². The van der Waals surface area contributed by atoms with Crippen molar-refractivity contribution in [2.24, 2.45) is 5.92 Å². The van der Waals surface area contributed by atoms with Crippen molar-refractivity contribution >= 4 is 0 Å². The van der Waals surface area contributed by atoms with Crippen LogP contribution in [-0.4, -0.2) is 28.3 Å². The molecule has 1 N–H and O–H groups in total. The molecule has 0 saturated heterocycles. The van der Waals surface area contributed by atoms with Crippen molar-refractivity contribution in [3.05, 3.63) is 18.2 Å². The van der Waals surface area contributed by atoms with Gasteiger partial charge in [0.1, 0.15) is 5.82 Å². The summed E-state index contributed by atoms with van der Waals surface area (Å²) in [4.78, 5) is 4.65. The van der Waals surface area contributed by atoms with E-state index in [-0.39, 0.29) is 11.6 Å². The summed E-state index contributed by atoms with van der Waals surface area (Å²) in [6.07, 6.45) is 8.79. The van der Waals surface area contributed by atoms with Gasteiger partial charge in [0.05, 0.1) is 11.6 Å². The molecule has 0 spiro atoms. The van der Waals surface area contributed by atoms with Crippen LogP contribution in [0.4, 0.5) is 0 Å². The summed E-state index contributed by atoms with van der Waals surface area (Å²) < 4.78 is 8.61. The number of likely N-dealkylation sites (N-methyl/N-ethyl adjacent to an activating group) is 1. The minimum Gasteiger partial charge on any atom is -0.373 e. The van der Waals surface area contributed by atoms with E-state index >= 15 is 0 Å². The van der Waals surface area contributed by atoms with Crippen LogP contribution < -0.4 is 5.32 Å². The third-order valence-electron chi connectivity index (χ3n) is 4.70. The van der Waals surface area contributed by atoms with Gasteiger partial charge in [-0.3, -0.25) is 0 Å². The molecule has 21 heavy (non-hydrogen) atoms. The number of imidazole rings is 1. The van der Waals surface area contributed by atoms with Gasteiger partial charge in [-0.1, -0.05) is 26.7 Å². The number of aryl methyl sites for hydroxylation is 1. The van der Waals surface area contributed by atoms with Gasteiger partial charge in [-0.2, -0.15) is 0 Å². The zero-order valence-electron chi connectivity index (χ0n) is 14.1. The monoisotopic (exact) mass is 293 g/mol. The molecule has 4 heteroatoms. The lowest BCUT2D eigenvalue weighted by molar-refractivity contribution is -0.104. The molecule has 0 aliphatic heterocycles. The zero-order chi connectivity index (χ0) is 15.3. The molecular weight excluding hydrogens is 262 g/mol. The maximum atomic E-state index is 6.36. The third kappa shape index (κ3) is 3.49. The van der Waals surface area contributed by atoms with E-state index in [1.165, 1.54) is 12.8 Å². The van der Waals surface area contributed by atoms with E-state index in [1.807, 2.05) is 6.20 Å². The Hall–Kier alpha value is -0.870. The van der Waals surface area contributed by atoms with Crippen molar-refractivity contribution in [3.63, 3.8) is 0 Å². The maximum absolute atomic E-state index is 6.36. The van der Waals surface area contributed by atoms with E-state index in [0.717, 1.165) is 44.3 Å². The highest BCUT2D eigenvalue weighted by Gasteiger charge is 2.44. The lowest BCUT2D eigenvalue weighted by Gasteiger charge is -2.45. The van der Waals surface area contributed by atoms with E-state index in [0.29, 0.717) is 0 Å². The second-order valence-corrected chi connectivity index (χ2v) is 6.26. The fourth-order valence-electron chi connectivity index (χ4n) is 3.87. The lowest BCUT2D eigenvalue weighted by atomic mass is 9.74. The second kappa shape index (κ2) is 7.41. The predicted molar refractivity (Wildman–Crippen MR) is 86.3 cm³/mol. The Morgan fingerprint density at radius 1 is 1.48 bits per heavy atom.